The van der Waals surface area contributed by atoms with Gasteiger partial charge in [0, 0.05) is 37.1 Å². The Morgan fingerprint density at radius 3 is 2.20 bits per heavy atom. The van der Waals surface area contributed by atoms with Crippen molar-refractivity contribution in [1.82, 2.24) is 4.90 Å². The highest BCUT2D eigenvalue weighted by molar-refractivity contribution is 6.03. The second kappa shape index (κ2) is 11.4. The van der Waals surface area contributed by atoms with E-state index >= 15 is 0 Å². The van der Waals surface area contributed by atoms with Crippen molar-refractivity contribution in [2.45, 2.75) is 39.3 Å². The lowest BCUT2D eigenvalue weighted by Gasteiger charge is -2.23. The molecule has 5 nitrogen and oxygen atoms in total. The number of nitrogens with zero attached hydrogens (tertiary/aromatic N) is 2. The van der Waals surface area contributed by atoms with Crippen molar-refractivity contribution in [2.75, 3.05) is 37.9 Å². The molecular weight excluding hydrogens is 374 g/mol. The van der Waals surface area contributed by atoms with Gasteiger partial charge < -0.3 is 19.9 Å². The first kappa shape index (κ1) is 23.5. The monoisotopic (exact) mass is 409 g/mol. The van der Waals surface area contributed by atoms with Crippen LogP contribution in [0.2, 0.25) is 0 Å². The van der Waals surface area contributed by atoms with E-state index in [0.717, 1.165) is 35.7 Å². The van der Waals surface area contributed by atoms with Crippen molar-refractivity contribution in [3.8, 4) is 5.75 Å². The molecule has 2 rings (SSSR count). The maximum atomic E-state index is 12.5. The fourth-order valence-electron chi connectivity index (χ4n) is 3.07. The van der Waals surface area contributed by atoms with Gasteiger partial charge in [-0.05, 0) is 82.4 Å². The van der Waals surface area contributed by atoms with Crippen LogP contribution in [-0.2, 0) is 4.79 Å². The third-order valence-corrected chi connectivity index (χ3v) is 5.00. The van der Waals surface area contributed by atoms with E-state index in [1.807, 2.05) is 68.5 Å². The van der Waals surface area contributed by atoms with E-state index in [1.165, 1.54) is 0 Å². The van der Waals surface area contributed by atoms with Crippen molar-refractivity contribution in [3.05, 3.63) is 60.2 Å². The van der Waals surface area contributed by atoms with Gasteiger partial charge >= 0.3 is 0 Å². The van der Waals surface area contributed by atoms with Crippen LogP contribution in [0, 0.1) is 0 Å². The van der Waals surface area contributed by atoms with Gasteiger partial charge in [-0.15, -0.1) is 0 Å². The van der Waals surface area contributed by atoms with Gasteiger partial charge in [0.25, 0.3) is 5.91 Å². The Hall–Kier alpha value is -2.79. The van der Waals surface area contributed by atoms with Crippen molar-refractivity contribution in [3.63, 3.8) is 0 Å². The topological polar surface area (TPSA) is 44.8 Å². The molecule has 0 spiro atoms. The Balaban J connectivity index is 1.93. The number of likely N-dealkylation sites (N-methyl/N-ethyl adjacent to an activating group) is 2. The van der Waals surface area contributed by atoms with Gasteiger partial charge in [0.15, 0.2) is 0 Å². The molecule has 0 radical (unpaired) electrons. The van der Waals surface area contributed by atoms with E-state index in [9.17, 15) is 4.79 Å². The molecule has 2 aromatic carbocycles. The number of amides is 1. The van der Waals surface area contributed by atoms with Crippen molar-refractivity contribution in [2.24, 2.45) is 0 Å². The second-order valence-electron chi connectivity index (χ2n) is 7.92. The lowest BCUT2D eigenvalue weighted by atomic mass is 10.2. The summed E-state index contributed by atoms with van der Waals surface area (Å²) in [4.78, 5) is 16.4. The highest BCUT2D eigenvalue weighted by atomic mass is 16.5. The highest BCUT2D eigenvalue weighted by Crippen LogP contribution is 2.19. The molecule has 0 bridgehead atoms. The van der Waals surface area contributed by atoms with E-state index in [0.29, 0.717) is 6.04 Å². The average molecular weight is 410 g/mol. The molecule has 1 N–H and O–H groups in total. The standard InChI is InChI=1S/C25H35N3O2/c1-7-22(27(4)5)18-26-21-11-13-23(14-12-21)28(6)25(29)17-10-20-8-15-24(16-9-20)30-19(2)3/h8-17,19,22,26H,7,18H2,1-6H3/b17-10+. The molecule has 0 heterocycles. The largest absolute Gasteiger partial charge is 0.491 e. The quantitative estimate of drug-likeness (QED) is 0.567. The molecule has 0 aliphatic rings. The van der Waals surface area contributed by atoms with E-state index in [4.69, 9.17) is 4.74 Å². The number of hydrogen-bond acceptors (Lipinski definition) is 4. The van der Waals surface area contributed by atoms with E-state index in [1.54, 1.807) is 18.0 Å². The summed E-state index contributed by atoms with van der Waals surface area (Å²) in [5, 5.41) is 3.47. The van der Waals surface area contributed by atoms with E-state index < -0.39 is 0 Å². The molecule has 30 heavy (non-hydrogen) atoms. The average Bonchev–Trinajstić information content (AvgIpc) is 2.72. The Kier molecular flexibility index (Phi) is 8.93. The molecule has 162 valence electrons. The molecule has 0 aliphatic heterocycles. The summed E-state index contributed by atoms with van der Waals surface area (Å²) in [5.41, 5.74) is 2.87. The summed E-state index contributed by atoms with van der Waals surface area (Å²) in [6.07, 6.45) is 4.65. The maximum Gasteiger partial charge on any atom is 0.250 e. The van der Waals surface area contributed by atoms with Crippen LogP contribution in [0.5, 0.6) is 5.75 Å². The molecule has 0 fully saturated rings. The first-order valence-corrected chi connectivity index (χ1v) is 10.5. The molecule has 1 unspecified atom stereocenters. The molecular formula is C25H35N3O2. The van der Waals surface area contributed by atoms with Gasteiger partial charge in [0.05, 0.1) is 6.10 Å². The van der Waals surface area contributed by atoms with E-state index in [-0.39, 0.29) is 12.0 Å². The summed E-state index contributed by atoms with van der Waals surface area (Å²) >= 11 is 0. The normalized spacial score (nSPS) is 12.4. The molecule has 1 amide bonds. The maximum absolute atomic E-state index is 12.5. The Morgan fingerprint density at radius 2 is 1.67 bits per heavy atom. The minimum Gasteiger partial charge on any atom is -0.491 e. The third kappa shape index (κ3) is 7.23. The van der Waals surface area contributed by atoms with Crippen molar-refractivity contribution >= 4 is 23.4 Å². The number of carbonyl (C=O) groups excluding carboxylic acids is 1. The van der Waals surface area contributed by atoms with Gasteiger partial charge in [0.1, 0.15) is 5.75 Å². The van der Waals surface area contributed by atoms with Gasteiger partial charge in [-0.2, -0.15) is 0 Å². The van der Waals surface area contributed by atoms with E-state index in [2.05, 4.69) is 31.2 Å². The molecule has 2 aromatic rings. The van der Waals surface area contributed by atoms with Crippen LogP contribution in [0.3, 0.4) is 0 Å². The number of nitrogens with one attached hydrogen (secondary N) is 1. The lowest BCUT2D eigenvalue weighted by molar-refractivity contribution is -0.113. The van der Waals surface area contributed by atoms with Crippen molar-refractivity contribution < 1.29 is 9.53 Å². The van der Waals surface area contributed by atoms with Crippen LogP contribution < -0.4 is 15.0 Å². The molecule has 0 aromatic heterocycles. The zero-order valence-corrected chi connectivity index (χ0v) is 19.1. The number of rotatable bonds is 10. The summed E-state index contributed by atoms with van der Waals surface area (Å²) in [6, 6.07) is 16.2. The number of hydrogen-bond donors (Lipinski definition) is 1. The zero-order chi connectivity index (χ0) is 22.1. The summed E-state index contributed by atoms with van der Waals surface area (Å²) in [7, 11) is 5.98. The van der Waals surface area contributed by atoms with Gasteiger partial charge in [-0.3, -0.25) is 4.79 Å². The van der Waals surface area contributed by atoms with Crippen molar-refractivity contribution in [1.29, 1.82) is 0 Å². The summed E-state index contributed by atoms with van der Waals surface area (Å²) < 4.78 is 5.64. The second-order valence-corrected chi connectivity index (χ2v) is 7.92. The van der Waals surface area contributed by atoms with Crippen LogP contribution >= 0.6 is 0 Å². The fraction of sp³-hybridized carbons (Fsp3) is 0.400. The van der Waals surface area contributed by atoms with Gasteiger partial charge in [0.2, 0.25) is 0 Å². The zero-order valence-electron chi connectivity index (χ0n) is 19.1. The SMILES string of the molecule is CCC(CNc1ccc(N(C)C(=O)/C=C/c2ccc(OC(C)C)cc2)cc1)N(C)C. The number of carbonyl (C=O) groups is 1. The Labute approximate surface area is 181 Å². The Morgan fingerprint density at radius 1 is 1.03 bits per heavy atom. The molecule has 0 aliphatic carbocycles. The highest BCUT2D eigenvalue weighted by Gasteiger charge is 2.10. The van der Waals surface area contributed by atoms with Crippen LogP contribution in [-0.4, -0.2) is 50.6 Å². The molecule has 5 heteroatoms. The van der Waals surface area contributed by atoms with Crippen LogP contribution in [0.4, 0.5) is 11.4 Å². The number of benzene rings is 2. The minimum absolute atomic E-state index is 0.0723. The fourth-order valence-corrected chi connectivity index (χ4v) is 3.07. The van der Waals surface area contributed by atoms with Crippen LogP contribution in [0.15, 0.2) is 54.6 Å². The minimum atomic E-state index is -0.0723. The summed E-state index contributed by atoms with van der Waals surface area (Å²) in [6.45, 7) is 7.08. The predicted molar refractivity (Wildman–Crippen MR) is 127 cm³/mol. The molecule has 0 saturated carbocycles. The van der Waals surface area contributed by atoms with Crippen LogP contribution in [0.1, 0.15) is 32.8 Å². The summed E-state index contributed by atoms with van der Waals surface area (Å²) in [5.74, 6) is 0.756. The van der Waals surface area contributed by atoms with Gasteiger partial charge in [-0.25, -0.2) is 0 Å². The smallest absolute Gasteiger partial charge is 0.250 e. The lowest BCUT2D eigenvalue weighted by Crippen LogP contribution is -2.33. The number of ether oxygens (including phenoxy) is 1. The third-order valence-electron chi connectivity index (χ3n) is 5.00. The molecule has 1 atom stereocenters. The first-order valence-electron chi connectivity index (χ1n) is 10.5. The molecule has 0 saturated heterocycles. The van der Waals surface area contributed by atoms with Gasteiger partial charge in [-0.1, -0.05) is 19.1 Å². The first-order chi connectivity index (χ1) is 14.3. The Bertz CT molecular complexity index is 811. The van der Waals surface area contributed by atoms with Crippen LogP contribution in [0.25, 0.3) is 6.08 Å². The number of anilines is 2. The predicted octanol–water partition coefficient (Wildman–Crippen LogP) is 4.90.